The molecule has 1 atom stereocenters. The van der Waals surface area contributed by atoms with Gasteiger partial charge in [-0.05, 0) is 52.1 Å². The van der Waals surface area contributed by atoms with Crippen molar-refractivity contribution in [2.45, 2.75) is 38.8 Å². The molecular weight excluding hydrogens is 525 g/mol. The molecule has 5 aromatic rings. The van der Waals surface area contributed by atoms with E-state index in [4.69, 9.17) is 0 Å². The zero-order chi connectivity index (χ0) is 27.9. The molecule has 2 N–H and O–H groups in total. The van der Waals surface area contributed by atoms with Gasteiger partial charge in [-0.25, -0.2) is 9.49 Å². The predicted molar refractivity (Wildman–Crippen MR) is 156 cm³/mol. The Balaban J connectivity index is 1.35. The van der Waals surface area contributed by atoms with Crippen molar-refractivity contribution in [2.75, 3.05) is 5.75 Å². The van der Waals surface area contributed by atoms with E-state index in [9.17, 15) is 4.79 Å². The van der Waals surface area contributed by atoms with Crippen molar-refractivity contribution in [1.82, 2.24) is 35.7 Å². The lowest BCUT2D eigenvalue weighted by molar-refractivity contribution is 0.0935. The number of hydrogen-bond acceptors (Lipinski definition) is 6. The Labute approximate surface area is 237 Å². The molecule has 0 radical (unpaired) electrons. The van der Waals surface area contributed by atoms with Crippen molar-refractivity contribution in [1.29, 1.82) is 0 Å². The van der Waals surface area contributed by atoms with Crippen LogP contribution in [0, 0.1) is 5.82 Å². The number of halogens is 1. The van der Waals surface area contributed by atoms with Crippen LogP contribution in [-0.2, 0) is 19.4 Å². The second-order valence-electron chi connectivity index (χ2n) is 9.58. The van der Waals surface area contributed by atoms with E-state index in [1.54, 1.807) is 10.7 Å². The summed E-state index contributed by atoms with van der Waals surface area (Å²) in [5, 5.41) is 21.7. The molecule has 0 saturated heterocycles. The quantitative estimate of drug-likeness (QED) is 0.196. The molecule has 0 bridgehead atoms. The number of amides is 1. The first-order valence-corrected chi connectivity index (χ1v) is 13.8. The normalized spacial score (nSPS) is 11.9. The molecule has 40 heavy (non-hydrogen) atoms. The summed E-state index contributed by atoms with van der Waals surface area (Å²) in [6.45, 7) is 2.41. The van der Waals surface area contributed by atoms with Crippen molar-refractivity contribution >= 4 is 18.5 Å². The van der Waals surface area contributed by atoms with Crippen LogP contribution in [0.1, 0.15) is 40.7 Å². The van der Waals surface area contributed by atoms with Gasteiger partial charge in [0.2, 0.25) is 0 Å². The molecule has 0 fully saturated rings. The summed E-state index contributed by atoms with van der Waals surface area (Å²) >= 11 is 4.44. The van der Waals surface area contributed by atoms with E-state index in [2.05, 4.69) is 50.6 Å². The van der Waals surface area contributed by atoms with Gasteiger partial charge in [0.15, 0.2) is 5.82 Å². The lowest BCUT2D eigenvalue weighted by Crippen LogP contribution is -2.38. The maximum absolute atomic E-state index is 15.4. The van der Waals surface area contributed by atoms with E-state index in [1.165, 1.54) is 6.07 Å². The van der Waals surface area contributed by atoms with E-state index in [1.807, 2.05) is 66.7 Å². The highest BCUT2D eigenvalue weighted by atomic mass is 32.1. The number of tetrazole rings is 1. The summed E-state index contributed by atoms with van der Waals surface area (Å²) < 4.78 is 17.2. The molecule has 2 heterocycles. The smallest absolute Gasteiger partial charge is 0.272 e. The highest BCUT2D eigenvalue weighted by Gasteiger charge is 2.19. The summed E-state index contributed by atoms with van der Waals surface area (Å²) in [5.74, 6) is 0.364. The number of carbonyl (C=O) groups is 1. The number of carbonyl (C=O) groups excluding carboxylic acids is 1. The molecule has 3 aromatic carbocycles. The summed E-state index contributed by atoms with van der Waals surface area (Å²) in [7, 11) is 0. The maximum atomic E-state index is 15.4. The summed E-state index contributed by atoms with van der Waals surface area (Å²) in [6.07, 6.45) is 2.32. The van der Waals surface area contributed by atoms with Gasteiger partial charge in [-0.2, -0.15) is 17.7 Å². The lowest BCUT2D eigenvalue weighted by Gasteiger charge is -2.16. The molecule has 1 amide bonds. The van der Waals surface area contributed by atoms with E-state index in [0.29, 0.717) is 46.9 Å². The van der Waals surface area contributed by atoms with E-state index >= 15 is 4.39 Å². The second kappa shape index (κ2) is 12.7. The molecule has 0 unspecified atom stereocenters. The SMILES string of the molecule is CCCc1cc(C(=O)N[C@@H](CS)Cc2ccccc2)nn1Cc1ccc(-c2ccccc2-c2nnn[nH]2)c(F)c1. The number of aryl methyl sites for hydroxylation is 1. The fraction of sp³-hybridized carbons (Fsp3) is 0.233. The first kappa shape index (κ1) is 27.3. The van der Waals surface area contributed by atoms with Crippen molar-refractivity contribution in [3.05, 3.63) is 107 Å². The van der Waals surface area contributed by atoms with Gasteiger partial charge in [0.25, 0.3) is 5.91 Å². The second-order valence-corrected chi connectivity index (χ2v) is 9.95. The first-order chi connectivity index (χ1) is 19.6. The fourth-order valence-corrected chi connectivity index (χ4v) is 4.95. The molecule has 204 valence electrons. The predicted octanol–water partition coefficient (Wildman–Crippen LogP) is 5.14. The molecule has 0 aliphatic carbocycles. The Hall–Kier alpha value is -4.31. The first-order valence-electron chi connectivity index (χ1n) is 13.2. The zero-order valence-corrected chi connectivity index (χ0v) is 23.0. The average molecular weight is 556 g/mol. The van der Waals surface area contributed by atoms with Gasteiger partial charge in [-0.1, -0.05) is 80.1 Å². The third-order valence-electron chi connectivity index (χ3n) is 6.67. The Bertz CT molecular complexity index is 1570. The topological polar surface area (TPSA) is 101 Å². The van der Waals surface area contributed by atoms with E-state index in [0.717, 1.165) is 29.7 Å². The maximum Gasteiger partial charge on any atom is 0.272 e. The minimum absolute atomic E-state index is 0.129. The van der Waals surface area contributed by atoms with Crippen LogP contribution in [0.15, 0.2) is 78.9 Å². The van der Waals surface area contributed by atoms with Crippen molar-refractivity contribution < 1.29 is 9.18 Å². The third kappa shape index (κ3) is 6.28. The summed E-state index contributed by atoms with van der Waals surface area (Å²) in [4.78, 5) is 13.1. The Morgan fingerprint density at radius 3 is 2.48 bits per heavy atom. The van der Waals surface area contributed by atoms with E-state index < -0.39 is 0 Å². The van der Waals surface area contributed by atoms with Gasteiger partial charge in [0.1, 0.15) is 11.5 Å². The van der Waals surface area contributed by atoms with Gasteiger partial charge in [-0.15, -0.1) is 5.10 Å². The molecular formula is C30H30FN7OS. The van der Waals surface area contributed by atoms with Gasteiger partial charge in [-0.3, -0.25) is 9.48 Å². The Morgan fingerprint density at radius 2 is 1.77 bits per heavy atom. The van der Waals surface area contributed by atoms with Crippen LogP contribution in [0.4, 0.5) is 4.39 Å². The van der Waals surface area contributed by atoms with Crippen molar-refractivity contribution in [3.63, 3.8) is 0 Å². The summed E-state index contributed by atoms with van der Waals surface area (Å²) in [5.41, 5.74) is 4.97. The molecule has 2 aromatic heterocycles. The number of aromatic nitrogens is 6. The Kier molecular flexibility index (Phi) is 8.65. The van der Waals surface area contributed by atoms with Crippen LogP contribution >= 0.6 is 12.6 Å². The largest absolute Gasteiger partial charge is 0.347 e. The van der Waals surface area contributed by atoms with Crippen LogP contribution in [0.3, 0.4) is 0 Å². The van der Waals surface area contributed by atoms with Gasteiger partial charge in [0, 0.05) is 28.6 Å². The molecule has 5 rings (SSSR count). The zero-order valence-electron chi connectivity index (χ0n) is 22.1. The molecule has 0 saturated carbocycles. The minimum atomic E-state index is -0.364. The summed E-state index contributed by atoms with van der Waals surface area (Å²) in [6, 6.07) is 24.2. The molecule has 10 heteroatoms. The van der Waals surface area contributed by atoms with Gasteiger partial charge in [0.05, 0.1) is 6.54 Å². The van der Waals surface area contributed by atoms with Crippen LogP contribution < -0.4 is 5.32 Å². The highest BCUT2D eigenvalue weighted by molar-refractivity contribution is 7.80. The van der Waals surface area contributed by atoms with Gasteiger partial charge >= 0.3 is 0 Å². The number of rotatable bonds is 11. The average Bonchev–Trinajstić information content (AvgIpc) is 3.65. The molecule has 8 nitrogen and oxygen atoms in total. The van der Waals surface area contributed by atoms with Crippen molar-refractivity contribution in [2.24, 2.45) is 0 Å². The molecule has 0 spiro atoms. The number of aromatic amines is 1. The van der Waals surface area contributed by atoms with Gasteiger partial charge < -0.3 is 5.32 Å². The lowest BCUT2D eigenvalue weighted by atomic mass is 9.97. The minimum Gasteiger partial charge on any atom is -0.347 e. The number of hydrogen-bond donors (Lipinski definition) is 3. The number of nitrogens with zero attached hydrogens (tertiary/aromatic N) is 5. The van der Waals surface area contributed by atoms with Crippen molar-refractivity contribution in [3.8, 4) is 22.5 Å². The van der Waals surface area contributed by atoms with Crippen LogP contribution in [0.5, 0.6) is 0 Å². The van der Waals surface area contributed by atoms with Crippen LogP contribution in [0.2, 0.25) is 0 Å². The number of benzene rings is 3. The monoisotopic (exact) mass is 555 g/mol. The van der Waals surface area contributed by atoms with E-state index in [-0.39, 0.29) is 17.8 Å². The number of thiol groups is 1. The van der Waals surface area contributed by atoms with Crippen LogP contribution in [-0.4, -0.2) is 48.1 Å². The third-order valence-corrected chi connectivity index (χ3v) is 7.11. The Morgan fingerprint density at radius 1 is 1.00 bits per heavy atom. The highest BCUT2D eigenvalue weighted by Crippen LogP contribution is 2.32. The standard InChI is InChI=1S/C30H30FN7OS/c1-2-8-23-17-28(30(39)32-22(19-40)15-20-9-4-3-5-10-20)35-38(23)18-21-13-14-25(27(31)16-21)24-11-6-7-12-26(24)29-33-36-37-34-29/h3-7,9-14,16-17,22,40H,2,8,15,18-19H2,1H3,(H,32,39)(H,33,34,36,37)/t22-/m1/s1. The van der Waals surface area contributed by atoms with Crippen LogP contribution in [0.25, 0.3) is 22.5 Å². The number of H-pyrrole nitrogens is 1. The molecule has 0 aliphatic heterocycles. The fourth-order valence-electron chi connectivity index (χ4n) is 4.73. The molecule has 0 aliphatic rings. The number of nitrogens with one attached hydrogen (secondary N) is 2.